The van der Waals surface area contributed by atoms with Crippen molar-refractivity contribution in [2.24, 2.45) is 0 Å². The van der Waals surface area contributed by atoms with E-state index in [1.165, 1.54) is 16.9 Å². The van der Waals surface area contributed by atoms with Crippen LogP contribution in [-0.2, 0) is 0 Å². The Balaban J connectivity index is 2.54. The van der Waals surface area contributed by atoms with Crippen molar-refractivity contribution in [1.29, 1.82) is 5.26 Å². The zero-order chi connectivity index (χ0) is 9.26. The van der Waals surface area contributed by atoms with Crippen LogP contribution in [0, 0.1) is 18.3 Å². The van der Waals surface area contributed by atoms with Crippen LogP contribution in [0.5, 0.6) is 0 Å². The molecule has 0 bridgehead atoms. The third-order valence-corrected chi connectivity index (χ3v) is 3.47. The maximum Gasteiger partial charge on any atom is 0.195 e. The standard InChI is InChI=1S/C9H6N2S2/c1-6-9(7-2-3-12-5-7)13-8(4-10)11-6/h2-3,5H,1H3. The summed E-state index contributed by atoms with van der Waals surface area (Å²) in [6.07, 6.45) is 0. The molecule has 64 valence electrons. The van der Waals surface area contributed by atoms with Crippen LogP contribution < -0.4 is 0 Å². The highest BCUT2D eigenvalue weighted by molar-refractivity contribution is 7.16. The van der Waals surface area contributed by atoms with Gasteiger partial charge in [0.1, 0.15) is 6.07 Å². The van der Waals surface area contributed by atoms with Crippen LogP contribution >= 0.6 is 22.7 Å². The highest BCUT2D eigenvalue weighted by Gasteiger charge is 2.08. The van der Waals surface area contributed by atoms with Crippen LogP contribution in [0.2, 0.25) is 0 Å². The maximum atomic E-state index is 8.67. The molecule has 2 heterocycles. The largest absolute Gasteiger partial charge is 0.231 e. The zero-order valence-corrected chi connectivity index (χ0v) is 8.58. The summed E-state index contributed by atoms with van der Waals surface area (Å²) >= 11 is 3.11. The number of thiazole rings is 1. The van der Waals surface area contributed by atoms with Gasteiger partial charge in [-0.2, -0.15) is 16.6 Å². The number of rotatable bonds is 1. The molecule has 0 aliphatic rings. The maximum absolute atomic E-state index is 8.67. The lowest BCUT2D eigenvalue weighted by atomic mass is 10.2. The molecule has 0 N–H and O–H groups in total. The van der Waals surface area contributed by atoms with Gasteiger partial charge in [0.15, 0.2) is 5.01 Å². The molecule has 0 aliphatic heterocycles. The van der Waals surface area contributed by atoms with Gasteiger partial charge in [-0.1, -0.05) is 0 Å². The fourth-order valence-electron chi connectivity index (χ4n) is 1.11. The Hall–Kier alpha value is -1.18. The SMILES string of the molecule is Cc1nc(C#N)sc1-c1ccsc1. The topological polar surface area (TPSA) is 36.7 Å². The van der Waals surface area contributed by atoms with Crippen LogP contribution in [0.25, 0.3) is 10.4 Å². The second-order valence-corrected chi connectivity index (χ2v) is 4.34. The first-order valence-corrected chi connectivity index (χ1v) is 5.47. The predicted octanol–water partition coefficient (Wildman–Crippen LogP) is 3.05. The molecule has 0 fully saturated rings. The minimum atomic E-state index is 0.540. The minimum Gasteiger partial charge on any atom is -0.231 e. The molecule has 2 aromatic heterocycles. The highest BCUT2D eigenvalue weighted by atomic mass is 32.1. The van der Waals surface area contributed by atoms with Gasteiger partial charge in [0.25, 0.3) is 0 Å². The Morgan fingerprint density at radius 1 is 1.54 bits per heavy atom. The summed E-state index contributed by atoms with van der Waals surface area (Å²) in [5.41, 5.74) is 2.11. The lowest BCUT2D eigenvalue weighted by Gasteiger charge is -1.90. The molecule has 0 atom stereocenters. The molecule has 0 aliphatic carbocycles. The van der Waals surface area contributed by atoms with E-state index in [2.05, 4.69) is 16.4 Å². The normalized spacial score (nSPS) is 9.85. The number of thiophene rings is 1. The summed E-state index contributed by atoms with van der Waals surface area (Å²) in [7, 11) is 0. The molecule has 4 heteroatoms. The molecule has 0 saturated heterocycles. The second kappa shape index (κ2) is 3.29. The van der Waals surface area contributed by atoms with E-state index in [1.807, 2.05) is 18.4 Å². The van der Waals surface area contributed by atoms with Crippen LogP contribution in [0.15, 0.2) is 16.8 Å². The van der Waals surface area contributed by atoms with Crippen molar-refractivity contribution in [2.75, 3.05) is 0 Å². The first-order chi connectivity index (χ1) is 6.31. The number of nitriles is 1. The third kappa shape index (κ3) is 1.48. The van der Waals surface area contributed by atoms with Gasteiger partial charge in [-0.05, 0) is 23.8 Å². The van der Waals surface area contributed by atoms with E-state index in [-0.39, 0.29) is 0 Å². The summed E-state index contributed by atoms with van der Waals surface area (Å²) in [6.45, 7) is 1.93. The van der Waals surface area contributed by atoms with Gasteiger partial charge >= 0.3 is 0 Å². The zero-order valence-electron chi connectivity index (χ0n) is 6.94. The van der Waals surface area contributed by atoms with Crippen molar-refractivity contribution in [3.8, 4) is 16.5 Å². The monoisotopic (exact) mass is 206 g/mol. The van der Waals surface area contributed by atoms with Gasteiger partial charge in [0.05, 0.1) is 10.6 Å². The van der Waals surface area contributed by atoms with Gasteiger partial charge in [0.2, 0.25) is 0 Å². The number of hydrogen-bond acceptors (Lipinski definition) is 4. The number of aryl methyl sites for hydroxylation is 1. The predicted molar refractivity (Wildman–Crippen MR) is 54.9 cm³/mol. The molecule has 0 radical (unpaired) electrons. The molecule has 2 rings (SSSR count). The molecule has 2 nitrogen and oxygen atoms in total. The van der Waals surface area contributed by atoms with E-state index in [1.54, 1.807) is 11.3 Å². The molecule has 0 spiro atoms. The first kappa shape index (κ1) is 8.42. The molecule has 0 aromatic carbocycles. The molecule has 2 aromatic rings. The van der Waals surface area contributed by atoms with Crippen molar-refractivity contribution in [1.82, 2.24) is 4.98 Å². The van der Waals surface area contributed by atoms with E-state index >= 15 is 0 Å². The van der Waals surface area contributed by atoms with Crippen molar-refractivity contribution in [3.05, 3.63) is 27.5 Å². The first-order valence-electron chi connectivity index (χ1n) is 3.71. The lowest BCUT2D eigenvalue weighted by molar-refractivity contribution is 1.24. The van der Waals surface area contributed by atoms with Crippen molar-refractivity contribution in [2.45, 2.75) is 6.92 Å². The minimum absolute atomic E-state index is 0.540. The van der Waals surface area contributed by atoms with Crippen molar-refractivity contribution < 1.29 is 0 Å². The average molecular weight is 206 g/mol. The summed E-state index contributed by atoms with van der Waals surface area (Å²) in [5.74, 6) is 0. The molecule has 0 saturated carbocycles. The van der Waals surface area contributed by atoms with Crippen LogP contribution in [0.4, 0.5) is 0 Å². The Labute approximate surface area is 84.1 Å². The lowest BCUT2D eigenvalue weighted by Crippen LogP contribution is -1.74. The number of aromatic nitrogens is 1. The van der Waals surface area contributed by atoms with Gasteiger partial charge in [-0.3, -0.25) is 0 Å². The molecule has 13 heavy (non-hydrogen) atoms. The van der Waals surface area contributed by atoms with Crippen LogP contribution in [-0.4, -0.2) is 4.98 Å². The molecular formula is C9H6N2S2. The van der Waals surface area contributed by atoms with E-state index in [4.69, 9.17) is 5.26 Å². The quantitative estimate of drug-likeness (QED) is 0.719. The summed E-state index contributed by atoms with van der Waals surface area (Å²) in [6, 6.07) is 4.11. The Morgan fingerprint density at radius 2 is 2.38 bits per heavy atom. The second-order valence-electron chi connectivity index (χ2n) is 2.56. The van der Waals surface area contributed by atoms with Gasteiger partial charge in [-0.15, -0.1) is 11.3 Å². The van der Waals surface area contributed by atoms with Crippen LogP contribution in [0.1, 0.15) is 10.7 Å². The Kier molecular flexibility index (Phi) is 2.13. The fraction of sp³-hybridized carbons (Fsp3) is 0.111. The third-order valence-electron chi connectivity index (χ3n) is 1.68. The highest BCUT2D eigenvalue weighted by Crippen LogP contribution is 2.30. The van der Waals surface area contributed by atoms with E-state index in [0.29, 0.717) is 5.01 Å². The van der Waals surface area contributed by atoms with Crippen LogP contribution in [0.3, 0.4) is 0 Å². The molecular weight excluding hydrogens is 200 g/mol. The number of nitrogens with zero attached hydrogens (tertiary/aromatic N) is 2. The summed E-state index contributed by atoms with van der Waals surface area (Å²) < 4.78 is 0. The average Bonchev–Trinajstić information content (AvgIpc) is 2.72. The van der Waals surface area contributed by atoms with E-state index in [9.17, 15) is 0 Å². The Bertz CT molecular complexity index is 448. The number of hydrogen-bond donors (Lipinski definition) is 0. The molecule has 0 amide bonds. The fourth-order valence-corrected chi connectivity index (χ4v) is 2.69. The van der Waals surface area contributed by atoms with Gasteiger partial charge in [-0.25, -0.2) is 4.98 Å². The summed E-state index contributed by atoms with van der Waals surface area (Å²) in [5, 5.41) is 13.3. The van der Waals surface area contributed by atoms with Gasteiger partial charge < -0.3 is 0 Å². The van der Waals surface area contributed by atoms with Gasteiger partial charge in [0, 0.05) is 5.56 Å². The summed E-state index contributed by atoms with van der Waals surface area (Å²) in [4.78, 5) is 5.26. The van der Waals surface area contributed by atoms with Crippen molar-refractivity contribution in [3.63, 3.8) is 0 Å². The van der Waals surface area contributed by atoms with Crippen molar-refractivity contribution >= 4 is 22.7 Å². The van der Waals surface area contributed by atoms with E-state index in [0.717, 1.165) is 10.6 Å². The smallest absolute Gasteiger partial charge is 0.195 e. The molecule has 0 unspecified atom stereocenters. The Morgan fingerprint density at radius 3 is 2.92 bits per heavy atom. The van der Waals surface area contributed by atoms with E-state index < -0.39 is 0 Å².